The zero-order valence-electron chi connectivity index (χ0n) is 18.3. The van der Waals surface area contributed by atoms with Crippen molar-refractivity contribution in [1.82, 2.24) is 0 Å². The Kier molecular flexibility index (Phi) is 7.75. The van der Waals surface area contributed by atoms with E-state index in [9.17, 15) is 9.59 Å². The average molecular weight is 357 g/mol. The molecule has 0 aliphatic heterocycles. The van der Waals surface area contributed by atoms with Crippen LogP contribution in [-0.2, 0) is 19.1 Å². The molecule has 0 spiro atoms. The van der Waals surface area contributed by atoms with E-state index in [4.69, 9.17) is 9.47 Å². The van der Waals surface area contributed by atoms with Crippen LogP contribution in [0.4, 0.5) is 0 Å². The second-order valence-electron chi connectivity index (χ2n) is 10.5. The van der Waals surface area contributed by atoms with Crippen LogP contribution in [-0.4, -0.2) is 24.1 Å². The Morgan fingerprint density at radius 2 is 1.36 bits per heavy atom. The summed E-state index contributed by atoms with van der Waals surface area (Å²) in [7, 11) is 0. The van der Waals surface area contributed by atoms with Crippen LogP contribution in [0.25, 0.3) is 0 Å². The van der Waals surface area contributed by atoms with Gasteiger partial charge in [0.15, 0.2) is 6.61 Å². The van der Waals surface area contributed by atoms with Gasteiger partial charge in [-0.1, -0.05) is 68.7 Å². The molecular weight excluding hydrogens is 316 g/mol. The lowest BCUT2D eigenvalue weighted by Gasteiger charge is -2.38. The van der Waals surface area contributed by atoms with Crippen LogP contribution in [0.15, 0.2) is 0 Å². The fraction of sp³-hybridized carbons (Fsp3) is 0.905. The fourth-order valence-electron chi connectivity index (χ4n) is 2.14. The van der Waals surface area contributed by atoms with Crippen LogP contribution in [0.3, 0.4) is 0 Å². The van der Waals surface area contributed by atoms with Gasteiger partial charge in [0.2, 0.25) is 0 Å². The number of carbonyl (C=O) groups excluding carboxylic acids is 2. The first-order valence-corrected chi connectivity index (χ1v) is 9.31. The van der Waals surface area contributed by atoms with Crippen molar-refractivity contribution in [2.45, 2.75) is 94.6 Å². The summed E-state index contributed by atoms with van der Waals surface area (Å²) >= 11 is 0. The molecule has 0 amide bonds. The second kappa shape index (κ2) is 8.09. The zero-order valence-corrected chi connectivity index (χ0v) is 18.3. The maximum Gasteiger partial charge on any atom is 0.344 e. The van der Waals surface area contributed by atoms with Gasteiger partial charge < -0.3 is 9.47 Å². The van der Waals surface area contributed by atoms with Gasteiger partial charge in [-0.3, -0.25) is 4.79 Å². The molecule has 0 aromatic rings. The molecule has 25 heavy (non-hydrogen) atoms. The lowest BCUT2D eigenvalue weighted by Crippen LogP contribution is -2.42. The standard InChI is InChI=1S/C21H40O4/c1-12-20(8,9)13-15(18(2,3)4)17(23)24-14-16(22)25-21(10,11)19(5,6)7/h15H,12-14H2,1-11H3. The molecule has 0 saturated heterocycles. The van der Waals surface area contributed by atoms with E-state index >= 15 is 0 Å². The minimum Gasteiger partial charge on any atom is -0.457 e. The molecule has 1 atom stereocenters. The maximum absolute atomic E-state index is 12.6. The minimum atomic E-state index is -0.635. The van der Waals surface area contributed by atoms with Gasteiger partial charge in [0.05, 0.1) is 5.92 Å². The smallest absolute Gasteiger partial charge is 0.344 e. The van der Waals surface area contributed by atoms with E-state index in [1.54, 1.807) is 0 Å². The van der Waals surface area contributed by atoms with E-state index < -0.39 is 11.6 Å². The van der Waals surface area contributed by atoms with Crippen molar-refractivity contribution >= 4 is 11.9 Å². The first kappa shape index (κ1) is 23.9. The summed E-state index contributed by atoms with van der Waals surface area (Å²) in [6.45, 7) is 22.0. The number of esters is 2. The summed E-state index contributed by atoms with van der Waals surface area (Å²) in [5.41, 5.74) is -1.01. The molecule has 0 radical (unpaired) electrons. The minimum absolute atomic E-state index is 0.0473. The Balaban J connectivity index is 4.91. The van der Waals surface area contributed by atoms with Gasteiger partial charge in [-0.2, -0.15) is 0 Å². The summed E-state index contributed by atoms with van der Waals surface area (Å²) in [6, 6.07) is 0. The number of hydrogen-bond acceptors (Lipinski definition) is 4. The Labute approximate surface area is 155 Å². The molecule has 4 heteroatoms. The van der Waals surface area contributed by atoms with E-state index in [2.05, 4.69) is 20.8 Å². The Hall–Kier alpha value is -1.06. The van der Waals surface area contributed by atoms with Gasteiger partial charge in [0.1, 0.15) is 5.60 Å². The largest absolute Gasteiger partial charge is 0.457 e. The number of rotatable bonds is 7. The van der Waals surface area contributed by atoms with Crippen molar-refractivity contribution < 1.29 is 19.1 Å². The topological polar surface area (TPSA) is 52.6 Å². The third kappa shape index (κ3) is 7.79. The molecule has 148 valence electrons. The first-order chi connectivity index (χ1) is 10.9. The molecule has 0 bridgehead atoms. The molecule has 1 unspecified atom stereocenters. The van der Waals surface area contributed by atoms with Crippen LogP contribution >= 0.6 is 0 Å². The summed E-state index contributed by atoms with van der Waals surface area (Å²) in [5, 5.41) is 0. The SMILES string of the molecule is CCC(C)(C)CC(C(=O)OCC(=O)OC(C)(C)C(C)(C)C)C(C)(C)C. The molecule has 0 aliphatic rings. The van der Waals surface area contributed by atoms with E-state index in [0.29, 0.717) is 0 Å². The molecular formula is C21H40O4. The summed E-state index contributed by atoms with van der Waals surface area (Å²) in [4.78, 5) is 24.7. The van der Waals surface area contributed by atoms with Crippen molar-refractivity contribution in [1.29, 1.82) is 0 Å². The van der Waals surface area contributed by atoms with Gasteiger partial charge in [0, 0.05) is 5.41 Å². The molecule has 0 aliphatic carbocycles. The lowest BCUT2D eigenvalue weighted by atomic mass is 9.70. The summed E-state index contributed by atoms with van der Waals surface area (Å²) < 4.78 is 10.9. The Morgan fingerprint density at radius 1 is 0.880 bits per heavy atom. The maximum atomic E-state index is 12.6. The van der Waals surface area contributed by atoms with Crippen LogP contribution in [0.5, 0.6) is 0 Å². The Bertz CT molecular complexity index is 461. The highest BCUT2D eigenvalue weighted by Gasteiger charge is 2.39. The molecule has 0 saturated carbocycles. The highest BCUT2D eigenvalue weighted by atomic mass is 16.6. The van der Waals surface area contributed by atoms with Crippen molar-refractivity contribution in [3.63, 3.8) is 0 Å². The molecule has 0 fully saturated rings. The van der Waals surface area contributed by atoms with E-state index in [-0.39, 0.29) is 34.7 Å². The third-order valence-electron chi connectivity index (χ3n) is 5.55. The average Bonchev–Trinajstić information content (AvgIpc) is 2.39. The van der Waals surface area contributed by atoms with Gasteiger partial charge in [-0.05, 0) is 31.1 Å². The van der Waals surface area contributed by atoms with Crippen LogP contribution < -0.4 is 0 Å². The quantitative estimate of drug-likeness (QED) is 0.574. The third-order valence-corrected chi connectivity index (χ3v) is 5.55. The molecule has 0 rings (SSSR count). The lowest BCUT2D eigenvalue weighted by molar-refractivity contribution is -0.178. The van der Waals surface area contributed by atoms with Crippen molar-refractivity contribution in [3.05, 3.63) is 0 Å². The van der Waals surface area contributed by atoms with Gasteiger partial charge in [-0.15, -0.1) is 0 Å². The molecule has 0 aromatic carbocycles. The number of hydrogen-bond donors (Lipinski definition) is 0. The molecule has 0 aromatic heterocycles. The van der Waals surface area contributed by atoms with E-state index in [1.807, 2.05) is 55.4 Å². The predicted octanol–water partition coefficient (Wildman–Crippen LogP) is 5.39. The molecule has 0 N–H and O–H groups in total. The monoisotopic (exact) mass is 356 g/mol. The van der Waals surface area contributed by atoms with Gasteiger partial charge >= 0.3 is 11.9 Å². The number of ether oxygens (including phenoxy) is 2. The number of carbonyl (C=O) groups is 2. The summed E-state index contributed by atoms with van der Waals surface area (Å²) in [5.74, 6) is -1.08. The van der Waals surface area contributed by atoms with E-state index in [1.165, 1.54) is 0 Å². The molecule has 0 heterocycles. The fourth-order valence-corrected chi connectivity index (χ4v) is 2.14. The normalized spacial score (nSPS) is 14.8. The van der Waals surface area contributed by atoms with E-state index in [0.717, 1.165) is 12.8 Å². The predicted molar refractivity (Wildman–Crippen MR) is 102 cm³/mol. The Morgan fingerprint density at radius 3 is 1.72 bits per heavy atom. The van der Waals surface area contributed by atoms with Crippen molar-refractivity contribution in [3.8, 4) is 0 Å². The van der Waals surface area contributed by atoms with Gasteiger partial charge in [0.25, 0.3) is 0 Å². The van der Waals surface area contributed by atoms with Crippen LogP contribution in [0.2, 0.25) is 0 Å². The van der Waals surface area contributed by atoms with Crippen molar-refractivity contribution in [2.24, 2.45) is 22.2 Å². The van der Waals surface area contributed by atoms with Crippen LogP contribution in [0.1, 0.15) is 89.0 Å². The molecule has 4 nitrogen and oxygen atoms in total. The first-order valence-electron chi connectivity index (χ1n) is 9.31. The van der Waals surface area contributed by atoms with Crippen molar-refractivity contribution in [2.75, 3.05) is 6.61 Å². The van der Waals surface area contributed by atoms with Gasteiger partial charge in [-0.25, -0.2) is 4.79 Å². The second-order valence-corrected chi connectivity index (χ2v) is 10.5. The highest BCUT2D eigenvalue weighted by molar-refractivity contribution is 5.78. The van der Waals surface area contributed by atoms with Crippen LogP contribution in [0, 0.1) is 22.2 Å². The highest BCUT2D eigenvalue weighted by Crippen LogP contribution is 2.38. The summed E-state index contributed by atoms with van der Waals surface area (Å²) in [6.07, 6.45) is 1.71. The zero-order chi connectivity index (χ0) is 20.3.